The maximum absolute atomic E-state index is 12.1. The molecule has 1 amide bonds. The Labute approximate surface area is 114 Å². The number of carboxylic acids is 1. The zero-order chi connectivity index (χ0) is 14.5. The van der Waals surface area contributed by atoms with E-state index in [1.807, 2.05) is 13.8 Å². The first-order valence-electron chi connectivity index (χ1n) is 7.05. The van der Waals surface area contributed by atoms with Crippen LogP contribution in [0.5, 0.6) is 0 Å². The Morgan fingerprint density at radius 3 is 2.37 bits per heavy atom. The van der Waals surface area contributed by atoms with Gasteiger partial charge in [-0.3, -0.25) is 4.79 Å². The van der Waals surface area contributed by atoms with Crippen molar-refractivity contribution in [3.63, 3.8) is 0 Å². The molecule has 0 aliphatic heterocycles. The zero-order valence-corrected chi connectivity index (χ0v) is 12.1. The molecular formula is C14H25NO4. The minimum Gasteiger partial charge on any atom is -0.479 e. The average molecular weight is 271 g/mol. The van der Waals surface area contributed by atoms with Crippen LogP contribution in [0.15, 0.2) is 0 Å². The van der Waals surface area contributed by atoms with E-state index in [0.29, 0.717) is 12.8 Å². The number of hydrogen-bond donors (Lipinski definition) is 1. The van der Waals surface area contributed by atoms with Crippen LogP contribution in [0.1, 0.15) is 52.4 Å². The molecule has 110 valence electrons. The summed E-state index contributed by atoms with van der Waals surface area (Å²) in [6, 6.07) is 0. The van der Waals surface area contributed by atoms with Crippen LogP contribution in [-0.4, -0.2) is 47.2 Å². The first kappa shape index (κ1) is 16.0. The largest absolute Gasteiger partial charge is 0.479 e. The molecule has 1 atom stereocenters. The molecule has 0 heterocycles. The molecule has 1 aliphatic carbocycles. The smallest absolute Gasteiger partial charge is 0.329 e. The Hall–Kier alpha value is -1.10. The number of ether oxygens (including phenoxy) is 1. The molecule has 0 aromatic rings. The van der Waals surface area contributed by atoms with Gasteiger partial charge in [0.25, 0.3) is 0 Å². The van der Waals surface area contributed by atoms with Gasteiger partial charge in [0, 0.05) is 7.05 Å². The number of nitrogens with zero attached hydrogens (tertiary/aromatic N) is 1. The summed E-state index contributed by atoms with van der Waals surface area (Å²) in [7, 11) is 1.59. The molecule has 1 N–H and O–H groups in total. The number of amides is 1. The third kappa shape index (κ3) is 3.69. The van der Waals surface area contributed by atoms with Crippen molar-refractivity contribution < 1.29 is 19.4 Å². The second kappa shape index (κ2) is 6.89. The van der Waals surface area contributed by atoms with Crippen LogP contribution in [0.25, 0.3) is 0 Å². The van der Waals surface area contributed by atoms with Crippen molar-refractivity contribution in [3.8, 4) is 0 Å². The lowest BCUT2D eigenvalue weighted by atomic mass is 9.80. The number of rotatable bonds is 6. The fourth-order valence-corrected chi connectivity index (χ4v) is 2.50. The van der Waals surface area contributed by atoms with Gasteiger partial charge in [-0.05, 0) is 26.2 Å². The van der Waals surface area contributed by atoms with E-state index in [-0.39, 0.29) is 18.6 Å². The fourth-order valence-electron chi connectivity index (χ4n) is 2.50. The minimum absolute atomic E-state index is 0.0180. The molecule has 0 aromatic carbocycles. The van der Waals surface area contributed by atoms with Gasteiger partial charge >= 0.3 is 5.97 Å². The molecule has 5 nitrogen and oxygen atoms in total. The third-order valence-electron chi connectivity index (χ3n) is 4.16. The highest BCUT2D eigenvalue weighted by Gasteiger charge is 2.45. The lowest BCUT2D eigenvalue weighted by Gasteiger charge is -2.41. The summed E-state index contributed by atoms with van der Waals surface area (Å²) in [5, 5.41) is 9.50. The molecule has 1 aliphatic rings. The third-order valence-corrected chi connectivity index (χ3v) is 4.16. The van der Waals surface area contributed by atoms with E-state index >= 15 is 0 Å². The summed E-state index contributed by atoms with van der Waals surface area (Å²) in [6.07, 6.45) is 4.68. The van der Waals surface area contributed by atoms with Crippen LogP contribution in [0.4, 0.5) is 0 Å². The number of likely N-dealkylation sites (N-methyl/N-ethyl adjacent to an activating group) is 1. The summed E-state index contributed by atoms with van der Waals surface area (Å²) in [4.78, 5) is 25.1. The van der Waals surface area contributed by atoms with Crippen LogP contribution in [0.2, 0.25) is 0 Å². The quantitative estimate of drug-likeness (QED) is 0.803. The van der Waals surface area contributed by atoms with E-state index in [1.54, 1.807) is 7.05 Å². The minimum atomic E-state index is -1.03. The first-order chi connectivity index (χ1) is 8.94. The molecule has 0 saturated heterocycles. The number of hydrogen-bond acceptors (Lipinski definition) is 3. The second-order valence-electron chi connectivity index (χ2n) is 5.38. The Bertz CT molecular complexity index is 323. The molecule has 1 saturated carbocycles. The van der Waals surface area contributed by atoms with Crippen molar-refractivity contribution in [2.75, 3.05) is 13.7 Å². The number of carbonyl (C=O) groups excluding carboxylic acids is 1. The van der Waals surface area contributed by atoms with Gasteiger partial charge in [-0.2, -0.15) is 0 Å². The zero-order valence-electron chi connectivity index (χ0n) is 12.1. The SMILES string of the molecule is CCC(C)OCC(=O)N(C)C1(C(=O)O)CCCCC1. The van der Waals surface area contributed by atoms with E-state index in [0.717, 1.165) is 25.7 Å². The lowest BCUT2D eigenvalue weighted by Crippen LogP contribution is -2.57. The van der Waals surface area contributed by atoms with Gasteiger partial charge in [-0.15, -0.1) is 0 Å². The molecule has 19 heavy (non-hydrogen) atoms. The van der Waals surface area contributed by atoms with E-state index in [9.17, 15) is 14.7 Å². The molecule has 1 fully saturated rings. The van der Waals surface area contributed by atoms with Gasteiger partial charge in [-0.1, -0.05) is 26.2 Å². The molecule has 1 unspecified atom stereocenters. The van der Waals surface area contributed by atoms with Gasteiger partial charge in [0.2, 0.25) is 5.91 Å². The Balaban J connectivity index is 2.68. The summed E-state index contributed by atoms with van der Waals surface area (Å²) < 4.78 is 5.41. The lowest BCUT2D eigenvalue weighted by molar-refractivity contribution is -0.162. The Morgan fingerprint density at radius 1 is 1.32 bits per heavy atom. The van der Waals surface area contributed by atoms with Crippen molar-refractivity contribution in [2.45, 2.75) is 64.0 Å². The van der Waals surface area contributed by atoms with Gasteiger partial charge < -0.3 is 14.7 Å². The first-order valence-corrected chi connectivity index (χ1v) is 7.05. The molecule has 5 heteroatoms. The van der Waals surface area contributed by atoms with E-state index in [1.165, 1.54) is 4.90 Å². The van der Waals surface area contributed by atoms with E-state index < -0.39 is 11.5 Å². The topological polar surface area (TPSA) is 66.8 Å². The summed E-state index contributed by atoms with van der Waals surface area (Å²) in [6.45, 7) is 3.85. The molecule has 0 spiro atoms. The predicted molar refractivity (Wildman–Crippen MR) is 71.9 cm³/mol. The van der Waals surface area contributed by atoms with Gasteiger partial charge in [0.15, 0.2) is 0 Å². The molecule has 0 bridgehead atoms. The highest BCUT2D eigenvalue weighted by Crippen LogP contribution is 2.33. The standard InChI is InChI=1S/C14H25NO4/c1-4-11(2)19-10-12(16)15(3)14(13(17)18)8-6-5-7-9-14/h11H,4-10H2,1-3H3,(H,17,18). The second-order valence-corrected chi connectivity index (χ2v) is 5.38. The summed E-state index contributed by atoms with van der Waals surface area (Å²) >= 11 is 0. The van der Waals surface area contributed by atoms with Crippen LogP contribution < -0.4 is 0 Å². The van der Waals surface area contributed by atoms with Crippen molar-refractivity contribution in [1.82, 2.24) is 4.90 Å². The normalized spacial score (nSPS) is 19.7. The summed E-state index contributed by atoms with van der Waals surface area (Å²) in [5.74, 6) is -1.14. The molecular weight excluding hydrogens is 246 g/mol. The predicted octanol–water partition coefficient (Wildman–Crippen LogP) is 2.05. The van der Waals surface area contributed by atoms with Crippen molar-refractivity contribution in [1.29, 1.82) is 0 Å². The monoisotopic (exact) mass is 271 g/mol. The summed E-state index contributed by atoms with van der Waals surface area (Å²) in [5.41, 5.74) is -1.03. The number of carbonyl (C=O) groups is 2. The van der Waals surface area contributed by atoms with E-state index in [4.69, 9.17) is 4.74 Å². The molecule has 0 radical (unpaired) electrons. The number of carboxylic acid groups (broad SMARTS) is 1. The average Bonchev–Trinajstić information content (AvgIpc) is 2.43. The fraction of sp³-hybridized carbons (Fsp3) is 0.857. The van der Waals surface area contributed by atoms with Crippen LogP contribution in [0, 0.1) is 0 Å². The van der Waals surface area contributed by atoms with Gasteiger partial charge in [0.05, 0.1) is 6.10 Å². The molecule has 1 rings (SSSR count). The maximum atomic E-state index is 12.1. The van der Waals surface area contributed by atoms with Crippen LogP contribution >= 0.6 is 0 Å². The van der Waals surface area contributed by atoms with Gasteiger partial charge in [-0.25, -0.2) is 4.79 Å². The highest BCUT2D eigenvalue weighted by atomic mass is 16.5. The Kier molecular flexibility index (Phi) is 5.79. The number of aliphatic carboxylic acids is 1. The van der Waals surface area contributed by atoms with Gasteiger partial charge in [0.1, 0.15) is 12.1 Å². The van der Waals surface area contributed by atoms with Crippen molar-refractivity contribution in [2.24, 2.45) is 0 Å². The van der Waals surface area contributed by atoms with Crippen molar-refractivity contribution >= 4 is 11.9 Å². The van der Waals surface area contributed by atoms with Crippen LogP contribution in [0.3, 0.4) is 0 Å². The Morgan fingerprint density at radius 2 is 1.89 bits per heavy atom. The van der Waals surface area contributed by atoms with Crippen LogP contribution in [-0.2, 0) is 14.3 Å². The van der Waals surface area contributed by atoms with E-state index in [2.05, 4.69) is 0 Å². The highest BCUT2D eigenvalue weighted by molar-refractivity contribution is 5.87. The van der Waals surface area contributed by atoms with Crippen molar-refractivity contribution in [3.05, 3.63) is 0 Å². The molecule has 0 aromatic heterocycles. The maximum Gasteiger partial charge on any atom is 0.329 e.